The molecule has 0 saturated heterocycles. The summed E-state index contributed by atoms with van der Waals surface area (Å²) in [6.07, 6.45) is -13.2. The first kappa shape index (κ1) is 18.9. The average molecular weight is 334 g/mol. The van der Waals surface area contributed by atoms with Crippen LogP contribution in [0.25, 0.3) is 0 Å². The summed E-state index contributed by atoms with van der Waals surface area (Å²) in [5.74, 6) is 0. The third kappa shape index (κ3) is 3.97. The molecule has 1 aliphatic rings. The Hall–Kier alpha value is -0.170. The van der Waals surface area contributed by atoms with Gasteiger partial charge in [-0.15, -0.1) is 0 Å². The number of hydrogen-bond acceptors (Lipinski definition) is 9. The largest absolute Gasteiger partial charge is 0.470 e. The van der Waals surface area contributed by atoms with Gasteiger partial charge in [0, 0.05) is 6.42 Å². The van der Waals surface area contributed by atoms with Crippen LogP contribution in [0.3, 0.4) is 0 Å². The molecule has 0 spiro atoms. The smallest absolute Gasteiger partial charge is 0.394 e. The maximum atomic E-state index is 10.8. The van der Waals surface area contributed by atoms with Crippen LogP contribution in [0.1, 0.15) is 6.42 Å². The molecule has 11 nitrogen and oxygen atoms in total. The molecule has 1 fully saturated rings. The van der Waals surface area contributed by atoms with Gasteiger partial charge in [-0.05, 0) is 0 Å². The highest BCUT2D eigenvalue weighted by Crippen LogP contribution is 2.44. The Morgan fingerprint density at radius 1 is 1.10 bits per heavy atom. The molecule has 0 aromatic heterocycles. The van der Waals surface area contributed by atoms with Gasteiger partial charge in [-0.2, -0.15) is 0 Å². The van der Waals surface area contributed by atoms with Gasteiger partial charge in [-0.3, -0.25) is 4.52 Å². The van der Waals surface area contributed by atoms with Crippen molar-refractivity contribution in [3.8, 4) is 0 Å². The van der Waals surface area contributed by atoms with Gasteiger partial charge >= 0.3 is 7.82 Å². The van der Waals surface area contributed by atoms with Gasteiger partial charge in [0.2, 0.25) is 0 Å². The van der Waals surface area contributed by atoms with Crippen molar-refractivity contribution in [2.75, 3.05) is 6.61 Å². The van der Waals surface area contributed by atoms with Crippen LogP contribution in [0.4, 0.5) is 0 Å². The molecule has 0 radical (unpaired) electrons. The number of rotatable bonds is 5. The van der Waals surface area contributed by atoms with E-state index in [-0.39, 0.29) is 0 Å². The molecule has 0 aromatic carbocycles. The van der Waals surface area contributed by atoms with Gasteiger partial charge < -0.3 is 45.5 Å². The Morgan fingerprint density at radius 2 is 1.62 bits per heavy atom. The molecule has 126 valence electrons. The van der Waals surface area contributed by atoms with Gasteiger partial charge in [-0.25, -0.2) is 4.57 Å². The maximum Gasteiger partial charge on any atom is 0.470 e. The fourth-order valence-corrected chi connectivity index (χ4v) is 2.84. The Balaban J connectivity index is 3.10. The quantitative estimate of drug-likeness (QED) is 0.218. The first-order chi connectivity index (χ1) is 9.44. The molecular formula is C9H19O11P. The molecule has 1 rings (SSSR count). The van der Waals surface area contributed by atoms with Gasteiger partial charge in [0.1, 0.15) is 36.1 Å². The highest BCUT2D eigenvalue weighted by molar-refractivity contribution is 7.46. The van der Waals surface area contributed by atoms with Crippen molar-refractivity contribution in [3.05, 3.63) is 0 Å². The molecule has 12 heteroatoms. The lowest BCUT2D eigenvalue weighted by Gasteiger charge is -2.49. The van der Waals surface area contributed by atoms with Crippen LogP contribution < -0.4 is 0 Å². The Kier molecular flexibility index (Phi) is 5.86. The first-order valence-electron chi connectivity index (χ1n) is 5.91. The predicted octanol–water partition coefficient (Wildman–Crippen LogP) is -4.60. The number of aliphatic hydroxyl groups excluding tert-OH is 6. The lowest BCUT2D eigenvalue weighted by atomic mass is 9.72. The Bertz CT molecular complexity index is 399. The zero-order valence-electron chi connectivity index (χ0n) is 10.7. The van der Waals surface area contributed by atoms with E-state index in [0.29, 0.717) is 0 Å². The fourth-order valence-electron chi connectivity index (χ4n) is 2.29. The molecular weight excluding hydrogens is 315 g/mol. The summed E-state index contributed by atoms with van der Waals surface area (Å²) in [6, 6.07) is 0. The molecule has 0 aliphatic heterocycles. The van der Waals surface area contributed by atoms with Gasteiger partial charge in [0.05, 0.1) is 12.7 Å². The molecule has 1 unspecified atom stereocenters. The van der Waals surface area contributed by atoms with Crippen molar-refractivity contribution < 1.29 is 54.6 Å². The summed E-state index contributed by atoms with van der Waals surface area (Å²) in [4.78, 5) is 17.4. The molecule has 0 heterocycles. The lowest BCUT2D eigenvalue weighted by Crippen LogP contribution is -2.71. The standard InChI is InChI=1S/C9H19O11P/c10-2-3(11)1-9(16)7(14)5(13)4(12)6(8(9)15)20-21(17,18)19/h3-8,10-16H,1-2H2,(H2,17,18,19)/t3?,4-,5-,6+,7+,8+,9-/m0/s1. The topological polar surface area (TPSA) is 208 Å². The van der Waals surface area contributed by atoms with E-state index >= 15 is 0 Å². The number of hydrogen-bond donors (Lipinski definition) is 9. The van der Waals surface area contributed by atoms with E-state index in [9.17, 15) is 35.2 Å². The van der Waals surface area contributed by atoms with Crippen LogP contribution in [-0.2, 0) is 9.09 Å². The Labute approximate surface area is 118 Å². The van der Waals surface area contributed by atoms with E-state index in [4.69, 9.17) is 14.9 Å². The number of aliphatic hydroxyl groups is 7. The third-order valence-electron chi connectivity index (χ3n) is 3.38. The summed E-state index contributed by atoms with van der Waals surface area (Å²) >= 11 is 0. The van der Waals surface area contributed by atoms with Crippen LogP contribution in [0.5, 0.6) is 0 Å². The summed E-state index contributed by atoms with van der Waals surface area (Å²) in [7, 11) is -5.19. The average Bonchev–Trinajstić information content (AvgIpc) is 2.38. The van der Waals surface area contributed by atoms with Crippen molar-refractivity contribution in [1.82, 2.24) is 0 Å². The molecule has 1 saturated carbocycles. The van der Waals surface area contributed by atoms with Crippen molar-refractivity contribution in [1.29, 1.82) is 0 Å². The summed E-state index contributed by atoms with van der Waals surface area (Å²) in [5, 5.41) is 67.1. The summed E-state index contributed by atoms with van der Waals surface area (Å²) in [5.41, 5.74) is -2.67. The monoisotopic (exact) mass is 334 g/mol. The van der Waals surface area contributed by atoms with Crippen LogP contribution in [0, 0.1) is 0 Å². The van der Waals surface area contributed by atoms with Crippen LogP contribution >= 0.6 is 7.82 Å². The van der Waals surface area contributed by atoms with Crippen LogP contribution in [-0.4, -0.2) is 94.4 Å². The molecule has 0 aromatic rings. The van der Waals surface area contributed by atoms with E-state index in [0.717, 1.165) is 0 Å². The minimum Gasteiger partial charge on any atom is -0.394 e. The van der Waals surface area contributed by atoms with E-state index in [1.807, 2.05) is 0 Å². The fraction of sp³-hybridized carbons (Fsp3) is 1.00. The highest BCUT2D eigenvalue weighted by Gasteiger charge is 2.59. The SMILES string of the molecule is O=P(O)(O)O[C@@H]1[C@@H](O)[C@H](O)[C@@H](O)[C@@](O)(CC(O)CO)[C@@H]1O. The third-order valence-corrected chi connectivity index (χ3v) is 3.90. The summed E-state index contributed by atoms with van der Waals surface area (Å²) in [6.45, 7) is -0.843. The van der Waals surface area contributed by atoms with E-state index in [1.165, 1.54) is 0 Å². The predicted molar refractivity (Wildman–Crippen MR) is 63.6 cm³/mol. The Morgan fingerprint density at radius 3 is 2.05 bits per heavy atom. The second-order valence-corrected chi connectivity index (χ2v) is 6.16. The van der Waals surface area contributed by atoms with Crippen molar-refractivity contribution in [3.63, 3.8) is 0 Å². The zero-order chi connectivity index (χ0) is 16.6. The highest BCUT2D eigenvalue weighted by atomic mass is 31.2. The molecule has 0 bridgehead atoms. The number of phosphoric acid groups is 1. The van der Waals surface area contributed by atoms with E-state index in [2.05, 4.69) is 4.52 Å². The van der Waals surface area contributed by atoms with Crippen molar-refractivity contribution >= 4 is 7.82 Å². The van der Waals surface area contributed by atoms with Crippen molar-refractivity contribution in [2.45, 2.75) is 48.6 Å². The van der Waals surface area contributed by atoms with Gasteiger partial charge in [0.15, 0.2) is 0 Å². The van der Waals surface area contributed by atoms with Crippen LogP contribution in [0.15, 0.2) is 0 Å². The molecule has 1 aliphatic carbocycles. The van der Waals surface area contributed by atoms with E-state index < -0.39 is 63.1 Å². The minimum absolute atomic E-state index is 0.837. The second kappa shape index (κ2) is 6.52. The maximum absolute atomic E-state index is 10.8. The zero-order valence-corrected chi connectivity index (χ0v) is 11.6. The molecule has 9 N–H and O–H groups in total. The van der Waals surface area contributed by atoms with E-state index in [1.54, 1.807) is 0 Å². The van der Waals surface area contributed by atoms with Gasteiger partial charge in [0.25, 0.3) is 0 Å². The number of phosphoric ester groups is 1. The van der Waals surface area contributed by atoms with Crippen molar-refractivity contribution in [2.24, 2.45) is 0 Å². The molecule has 0 amide bonds. The normalized spacial score (nSPS) is 42.8. The summed E-state index contributed by atoms with van der Waals surface area (Å²) < 4.78 is 14.9. The lowest BCUT2D eigenvalue weighted by molar-refractivity contribution is -0.272. The molecule has 7 atom stereocenters. The minimum atomic E-state index is -5.19. The first-order valence-corrected chi connectivity index (χ1v) is 7.44. The van der Waals surface area contributed by atoms with Gasteiger partial charge in [-0.1, -0.05) is 0 Å². The van der Waals surface area contributed by atoms with Crippen LogP contribution in [0.2, 0.25) is 0 Å². The molecule has 21 heavy (non-hydrogen) atoms. The second-order valence-electron chi connectivity index (χ2n) is 4.96.